The Kier molecular flexibility index (Phi) is 5.66. The molecule has 1 aliphatic rings. The quantitative estimate of drug-likeness (QED) is 0.820. The molecule has 1 heterocycles. The average Bonchev–Trinajstić information content (AvgIpc) is 3.02. The van der Waals surface area contributed by atoms with Crippen molar-refractivity contribution in [2.24, 2.45) is 0 Å². The third kappa shape index (κ3) is 4.23. The largest absolute Gasteiger partial charge is 0.434 e. The zero-order valence-electron chi connectivity index (χ0n) is 13.0. The lowest BCUT2D eigenvalue weighted by atomic mass is 10.0. The number of nitrogens with one attached hydrogen (secondary N) is 2. The van der Waals surface area contributed by atoms with Crippen LogP contribution in [0.5, 0.6) is 5.75 Å². The fourth-order valence-corrected chi connectivity index (χ4v) is 3.27. The normalized spacial score (nSPS) is 20.5. The van der Waals surface area contributed by atoms with Gasteiger partial charge < -0.3 is 15.4 Å². The van der Waals surface area contributed by atoms with E-state index in [-0.39, 0.29) is 17.8 Å². The van der Waals surface area contributed by atoms with Gasteiger partial charge in [0.2, 0.25) is 0 Å². The second-order valence-electron chi connectivity index (χ2n) is 5.75. The number of halogens is 3. The Hall–Kier alpha value is -1.69. The number of hydrogen-bond donors (Lipinski definition) is 2. The summed E-state index contributed by atoms with van der Waals surface area (Å²) >= 11 is 6.08. The second-order valence-corrected chi connectivity index (χ2v) is 6.19. The fraction of sp³-hybridized carbons (Fsp3) is 0.333. The van der Waals surface area contributed by atoms with Crippen LogP contribution >= 0.6 is 11.6 Å². The van der Waals surface area contributed by atoms with E-state index in [9.17, 15) is 8.78 Å². The van der Waals surface area contributed by atoms with E-state index in [1.807, 2.05) is 30.3 Å². The first-order valence-corrected chi connectivity index (χ1v) is 8.26. The standard InChI is InChI=1S/C18H19ClF2N2O/c19-14-6-3-5-12(10-14)17-15(8-9-22-17)23-11-13-4-1-2-7-16(13)24-18(20)21/h1-7,10,15,17-18,22-23H,8-9,11H2. The van der Waals surface area contributed by atoms with Crippen LogP contribution in [-0.2, 0) is 6.54 Å². The van der Waals surface area contributed by atoms with Crippen LogP contribution in [0.2, 0.25) is 5.02 Å². The van der Waals surface area contributed by atoms with Crippen LogP contribution in [0.25, 0.3) is 0 Å². The minimum absolute atomic E-state index is 0.145. The highest BCUT2D eigenvalue weighted by molar-refractivity contribution is 6.30. The smallest absolute Gasteiger partial charge is 0.387 e. The van der Waals surface area contributed by atoms with Gasteiger partial charge in [0.15, 0.2) is 0 Å². The van der Waals surface area contributed by atoms with Crippen LogP contribution in [0.15, 0.2) is 48.5 Å². The van der Waals surface area contributed by atoms with Crippen molar-refractivity contribution in [1.82, 2.24) is 10.6 Å². The summed E-state index contributed by atoms with van der Waals surface area (Å²) in [6.45, 7) is -1.46. The van der Waals surface area contributed by atoms with Gasteiger partial charge in [-0.1, -0.05) is 41.9 Å². The Bertz CT molecular complexity index is 684. The van der Waals surface area contributed by atoms with Gasteiger partial charge in [0.05, 0.1) is 0 Å². The van der Waals surface area contributed by atoms with E-state index < -0.39 is 6.61 Å². The first kappa shape index (κ1) is 17.1. The van der Waals surface area contributed by atoms with Crippen LogP contribution in [0.3, 0.4) is 0 Å². The maximum absolute atomic E-state index is 12.5. The molecule has 2 unspecified atom stereocenters. The first-order valence-electron chi connectivity index (χ1n) is 7.88. The van der Waals surface area contributed by atoms with Crippen molar-refractivity contribution in [1.29, 1.82) is 0 Å². The van der Waals surface area contributed by atoms with E-state index in [4.69, 9.17) is 11.6 Å². The van der Waals surface area contributed by atoms with Gasteiger partial charge in [0.1, 0.15) is 5.75 Å². The Balaban J connectivity index is 1.68. The molecule has 0 radical (unpaired) electrons. The zero-order valence-corrected chi connectivity index (χ0v) is 13.8. The predicted octanol–water partition coefficient (Wildman–Crippen LogP) is 4.13. The number of ether oxygens (including phenoxy) is 1. The monoisotopic (exact) mass is 352 g/mol. The van der Waals surface area contributed by atoms with Crippen molar-refractivity contribution in [3.63, 3.8) is 0 Å². The number of rotatable bonds is 6. The van der Waals surface area contributed by atoms with Gasteiger partial charge in [-0.15, -0.1) is 0 Å². The molecule has 3 rings (SSSR count). The molecule has 1 saturated heterocycles. The number of alkyl halides is 2. The fourth-order valence-electron chi connectivity index (χ4n) is 3.08. The molecule has 0 saturated carbocycles. The van der Waals surface area contributed by atoms with Crippen LogP contribution < -0.4 is 15.4 Å². The molecule has 24 heavy (non-hydrogen) atoms. The molecule has 3 nitrogen and oxygen atoms in total. The molecular weight excluding hydrogens is 334 g/mol. The molecule has 0 amide bonds. The Labute approximate surface area is 145 Å². The Morgan fingerprint density at radius 1 is 1.21 bits per heavy atom. The summed E-state index contributed by atoms with van der Waals surface area (Å²) in [7, 11) is 0. The van der Waals surface area contributed by atoms with Gasteiger partial charge in [0.25, 0.3) is 0 Å². The van der Waals surface area contributed by atoms with Crippen molar-refractivity contribution in [3.05, 3.63) is 64.7 Å². The van der Waals surface area contributed by atoms with Gasteiger partial charge in [-0.3, -0.25) is 0 Å². The summed E-state index contributed by atoms with van der Waals surface area (Å²) in [6, 6.07) is 15.0. The summed E-state index contributed by atoms with van der Waals surface area (Å²) in [4.78, 5) is 0. The third-order valence-corrected chi connectivity index (χ3v) is 4.41. The summed E-state index contributed by atoms with van der Waals surface area (Å²) in [5, 5.41) is 7.61. The van der Waals surface area contributed by atoms with E-state index in [1.54, 1.807) is 18.2 Å². The van der Waals surface area contributed by atoms with Crippen LogP contribution in [0, 0.1) is 0 Å². The van der Waals surface area contributed by atoms with Crippen molar-refractivity contribution in [2.75, 3.05) is 6.54 Å². The van der Waals surface area contributed by atoms with Gasteiger partial charge in [-0.05, 0) is 36.7 Å². The van der Waals surface area contributed by atoms with E-state index in [0.717, 1.165) is 24.1 Å². The summed E-state index contributed by atoms with van der Waals surface area (Å²) in [5.74, 6) is 0.213. The van der Waals surface area contributed by atoms with E-state index in [2.05, 4.69) is 15.4 Å². The van der Waals surface area contributed by atoms with Crippen molar-refractivity contribution in [3.8, 4) is 5.75 Å². The molecule has 2 atom stereocenters. The minimum Gasteiger partial charge on any atom is -0.434 e. The van der Waals surface area contributed by atoms with Crippen LogP contribution in [-0.4, -0.2) is 19.2 Å². The highest BCUT2D eigenvalue weighted by atomic mass is 35.5. The molecule has 0 bridgehead atoms. The average molecular weight is 353 g/mol. The van der Waals surface area contributed by atoms with Crippen LogP contribution in [0.1, 0.15) is 23.6 Å². The molecule has 2 N–H and O–H groups in total. The Morgan fingerprint density at radius 2 is 2.04 bits per heavy atom. The third-order valence-electron chi connectivity index (χ3n) is 4.17. The van der Waals surface area contributed by atoms with Crippen molar-refractivity contribution in [2.45, 2.75) is 31.7 Å². The first-order chi connectivity index (χ1) is 11.6. The predicted molar refractivity (Wildman–Crippen MR) is 90.5 cm³/mol. The maximum atomic E-state index is 12.5. The van der Waals surface area contributed by atoms with Gasteiger partial charge in [0, 0.05) is 29.2 Å². The highest BCUT2D eigenvalue weighted by Crippen LogP contribution is 2.27. The number of benzene rings is 2. The molecule has 0 aliphatic carbocycles. The summed E-state index contributed by atoms with van der Waals surface area (Å²) in [5.41, 5.74) is 1.84. The lowest BCUT2D eigenvalue weighted by Crippen LogP contribution is -2.34. The molecule has 0 aromatic heterocycles. The van der Waals surface area contributed by atoms with Gasteiger partial charge in [-0.2, -0.15) is 8.78 Å². The lowest BCUT2D eigenvalue weighted by molar-refractivity contribution is -0.0505. The Morgan fingerprint density at radius 3 is 2.83 bits per heavy atom. The maximum Gasteiger partial charge on any atom is 0.387 e. The van der Waals surface area contributed by atoms with E-state index >= 15 is 0 Å². The number of para-hydroxylation sites is 1. The zero-order chi connectivity index (χ0) is 16.9. The van der Waals surface area contributed by atoms with E-state index in [0.29, 0.717) is 11.6 Å². The summed E-state index contributed by atoms with van der Waals surface area (Å²) in [6.07, 6.45) is 0.953. The second kappa shape index (κ2) is 7.92. The summed E-state index contributed by atoms with van der Waals surface area (Å²) < 4.78 is 29.6. The molecule has 6 heteroatoms. The van der Waals surface area contributed by atoms with Crippen molar-refractivity contribution >= 4 is 11.6 Å². The van der Waals surface area contributed by atoms with E-state index in [1.165, 1.54) is 0 Å². The molecule has 128 valence electrons. The van der Waals surface area contributed by atoms with Gasteiger partial charge >= 0.3 is 6.61 Å². The SMILES string of the molecule is FC(F)Oc1ccccc1CNC1CCNC1c1cccc(Cl)c1. The molecule has 1 fully saturated rings. The molecule has 1 aliphatic heterocycles. The number of hydrogen-bond acceptors (Lipinski definition) is 3. The van der Waals surface area contributed by atoms with Crippen molar-refractivity contribution < 1.29 is 13.5 Å². The molecule has 0 spiro atoms. The highest BCUT2D eigenvalue weighted by Gasteiger charge is 2.28. The topological polar surface area (TPSA) is 33.3 Å². The molecule has 2 aromatic carbocycles. The molecular formula is C18H19ClF2N2O. The van der Waals surface area contributed by atoms with Gasteiger partial charge in [-0.25, -0.2) is 0 Å². The van der Waals surface area contributed by atoms with Crippen LogP contribution in [0.4, 0.5) is 8.78 Å². The minimum atomic E-state index is -2.82. The lowest BCUT2D eigenvalue weighted by Gasteiger charge is -2.22. The molecule has 2 aromatic rings.